The van der Waals surface area contributed by atoms with E-state index >= 15 is 0 Å². The van der Waals surface area contributed by atoms with Gasteiger partial charge >= 0.3 is 12.0 Å². The number of anilines is 1. The number of hydrogen-bond donors (Lipinski definition) is 2. The van der Waals surface area contributed by atoms with E-state index in [1.165, 1.54) is 43.5 Å². The van der Waals surface area contributed by atoms with Crippen LogP contribution in [0, 0.1) is 5.82 Å². The topological polar surface area (TPSA) is 122 Å². The molecule has 1 aliphatic rings. The first-order valence-corrected chi connectivity index (χ1v) is 10.6. The Bertz CT molecular complexity index is 1420. The van der Waals surface area contributed by atoms with Crippen LogP contribution in [-0.2, 0) is 16.2 Å². The maximum Gasteiger partial charge on any atom is 0.335 e. The molecule has 0 atom stereocenters. The molecule has 0 spiro atoms. The van der Waals surface area contributed by atoms with Crippen molar-refractivity contribution in [3.8, 4) is 11.5 Å². The average Bonchev–Trinajstić information content (AvgIpc) is 2.85. The molecule has 0 bridgehead atoms. The summed E-state index contributed by atoms with van der Waals surface area (Å²) in [5.74, 6) is -2.87. The Balaban J connectivity index is 1.58. The van der Waals surface area contributed by atoms with Crippen LogP contribution < -0.4 is 19.7 Å². The van der Waals surface area contributed by atoms with Gasteiger partial charge in [-0.3, -0.25) is 14.9 Å². The van der Waals surface area contributed by atoms with E-state index in [9.17, 15) is 23.6 Å². The first kappa shape index (κ1) is 24.1. The van der Waals surface area contributed by atoms with Crippen LogP contribution >= 0.6 is 0 Å². The number of carboxylic acid groups (broad SMARTS) is 1. The molecule has 0 unspecified atom stereocenters. The summed E-state index contributed by atoms with van der Waals surface area (Å²) in [5.41, 5.74) is 0.810. The van der Waals surface area contributed by atoms with E-state index in [4.69, 9.17) is 14.6 Å². The summed E-state index contributed by atoms with van der Waals surface area (Å²) in [6.45, 7) is 0.0729. The highest BCUT2D eigenvalue weighted by molar-refractivity contribution is 6.39. The number of methoxy groups -OCH3 is 1. The second kappa shape index (κ2) is 10.1. The number of carbonyl (C=O) groups is 4. The maximum absolute atomic E-state index is 13.6. The Kier molecular flexibility index (Phi) is 6.77. The summed E-state index contributed by atoms with van der Waals surface area (Å²) in [6, 6.07) is 14.8. The molecule has 1 aliphatic heterocycles. The van der Waals surface area contributed by atoms with Crippen LogP contribution in [0.15, 0.2) is 72.3 Å². The van der Waals surface area contributed by atoms with Crippen LogP contribution in [0.2, 0.25) is 0 Å². The number of aromatic carboxylic acids is 1. The highest BCUT2D eigenvalue weighted by Gasteiger charge is 2.37. The third-order valence-corrected chi connectivity index (χ3v) is 5.24. The number of halogens is 1. The van der Waals surface area contributed by atoms with Crippen molar-refractivity contribution in [2.75, 3.05) is 12.0 Å². The lowest BCUT2D eigenvalue weighted by Gasteiger charge is -2.26. The van der Waals surface area contributed by atoms with E-state index in [0.29, 0.717) is 27.5 Å². The van der Waals surface area contributed by atoms with E-state index in [2.05, 4.69) is 5.32 Å². The highest BCUT2D eigenvalue weighted by atomic mass is 19.1. The molecule has 1 heterocycles. The minimum Gasteiger partial charge on any atom is -0.493 e. The SMILES string of the molecule is COc1cc(/C=C2\C(=O)NC(=O)N(c3cccc(F)c3)C2=O)ccc1OCc1cccc(C(=O)O)c1. The van der Waals surface area contributed by atoms with E-state index in [-0.39, 0.29) is 23.4 Å². The number of hydrogen-bond acceptors (Lipinski definition) is 6. The van der Waals surface area contributed by atoms with Gasteiger partial charge in [0.05, 0.1) is 18.4 Å². The number of ether oxygens (including phenoxy) is 2. The van der Waals surface area contributed by atoms with Crippen molar-refractivity contribution in [1.29, 1.82) is 0 Å². The molecule has 4 rings (SSSR count). The van der Waals surface area contributed by atoms with Crippen molar-refractivity contribution in [3.05, 3.63) is 94.8 Å². The first-order chi connectivity index (χ1) is 17.3. The van der Waals surface area contributed by atoms with Gasteiger partial charge in [-0.05, 0) is 59.7 Å². The second-order valence-electron chi connectivity index (χ2n) is 7.64. The summed E-state index contributed by atoms with van der Waals surface area (Å²) >= 11 is 0. The van der Waals surface area contributed by atoms with Crippen LogP contribution in [0.1, 0.15) is 21.5 Å². The molecule has 0 radical (unpaired) electrons. The fourth-order valence-corrected chi connectivity index (χ4v) is 3.52. The number of nitrogens with one attached hydrogen (secondary N) is 1. The van der Waals surface area contributed by atoms with E-state index in [0.717, 1.165) is 12.1 Å². The molecule has 0 aromatic heterocycles. The molecule has 182 valence electrons. The molecule has 10 heteroatoms. The van der Waals surface area contributed by atoms with Gasteiger partial charge in [-0.25, -0.2) is 18.9 Å². The predicted octanol–water partition coefficient (Wildman–Crippen LogP) is 3.78. The molecule has 3 aromatic carbocycles. The monoisotopic (exact) mass is 490 g/mol. The zero-order valence-corrected chi connectivity index (χ0v) is 18.9. The number of amides is 4. The van der Waals surface area contributed by atoms with Crippen molar-refractivity contribution in [1.82, 2.24) is 5.32 Å². The van der Waals surface area contributed by atoms with Crippen molar-refractivity contribution < 1.29 is 38.1 Å². The van der Waals surface area contributed by atoms with Gasteiger partial charge in [0.25, 0.3) is 11.8 Å². The summed E-state index contributed by atoms with van der Waals surface area (Å²) in [7, 11) is 1.41. The van der Waals surface area contributed by atoms with Gasteiger partial charge in [0, 0.05) is 0 Å². The van der Waals surface area contributed by atoms with Crippen molar-refractivity contribution in [2.24, 2.45) is 0 Å². The van der Waals surface area contributed by atoms with Gasteiger partial charge in [-0.15, -0.1) is 0 Å². The number of imide groups is 2. The Morgan fingerprint density at radius 2 is 1.81 bits per heavy atom. The Hall–Kier alpha value is -4.99. The average molecular weight is 490 g/mol. The van der Waals surface area contributed by atoms with Gasteiger partial charge in [-0.2, -0.15) is 0 Å². The lowest BCUT2D eigenvalue weighted by atomic mass is 10.1. The highest BCUT2D eigenvalue weighted by Crippen LogP contribution is 2.30. The number of rotatable bonds is 7. The zero-order chi connectivity index (χ0) is 25.8. The normalized spacial score (nSPS) is 14.6. The number of urea groups is 1. The Morgan fingerprint density at radius 1 is 1.03 bits per heavy atom. The van der Waals surface area contributed by atoms with Crippen LogP contribution in [0.3, 0.4) is 0 Å². The van der Waals surface area contributed by atoms with Crippen LogP contribution in [0.25, 0.3) is 6.08 Å². The summed E-state index contributed by atoms with van der Waals surface area (Å²) in [6.07, 6.45) is 1.28. The Labute approximate surface area is 204 Å². The van der Waals surface area contributed by atoms with E-state index < -0.39 is 29.6 Å². The summed E-state index contributed by atoms with van der Waals surface area (Å²) in [5, 5.41) is 11.2. The quantitative estimate of drug-likeness (QED) is 0.382. The fraction of sp³-hybridized carbons (Fsp3) is 0.0769. The zero-order valence-electron chi connectivity index (χ0n) is 18.9. The van der Waals surface area contributed by atoms with Crippen LogP contribution in [0.5, 0.6) is 11.5 Å². The van der Waals surface area contributed by atoms with Crippen molar-refractivity contribution in [3.63, 3.8) is 0 Å². The molecule has 4 amide bonds. The van der Waals surface area contributed by atoms with Gasteiger partial charge < -0.3 is 14.6 Å². The van der Waals surface area contributed by atoms with Crippen molar-refractivity contribution in [2.45, 2.75) is 6.61 Å². The first-order valence-electron chi connectivity index (χ1n) is 10.6. The number of barbiturate groups is 1. The lowest BCUT2D eigenvalue weighted by molar-refractivity contribution is -0.122. The molecule has 1 fully saturated rings. The van der Waals surface area contributed by atoms with Gasteiger partial charge in [-0.1, -0.05) is 24.3 Å². The molecular formula is C26H19FN2O7. The minimum absolute atomic E-state index is 0.0239. The lowest BCUT2D eigenvalue weighted by Crippen LogP contribution is -2.54. The number of carbonyl (C=O) groups excluding carboxylic acids is 3. The fourth-order valence-electron chi connectivity index (χ4n) is 3.52. The summed E-state index contributed by atoms with van der Waals surface area (Å²) in [4.78, 5) is 49.5. The standard InChI is InChI=1S/C26H19FN2O7/c1-35-22-12-15(8-9-21(22)36-14-16-4-2-5-17(10-16)25(32)33)11-20-23(30)28-26(34)29(24(20)31)19-7-3-6-18(27)13-19/h2-13H,14H2,1H3,(H,32,33)(H,28,30,34)/b20-11+. The molecule has 0 saturated carbocycles. The third-order valence-electron chi connectivity index (χ3n) is 5.24. The van der Waals surface area contributed by atoms with Crippen LogP contribution in [0.4, 0.5) is 14.9 Å². The van der Waals surface area contributed by atoms with Gasteiger partial charge in [0.2, 0.25) is 0 Å². The third kappa shape index (κ3) is 5.07. The van der Waals surface area contributed by atoms with Gasteiger partial charge in [0.1, 0.15) is 18.0 Å². The maximum atomic E-state index is 13.6. The predicted molar refractivity (Wildman–Crippen MR) is 126 cm³/mol. The molecule has 0 aliphatic carbocycles. The number of benzene rings is 3. The number of carboxylic acids is 1. The molecule has 2 N–H and O–H groups in total. The second-order valence-corrected chi connectivity index (χ2v) is 7.64. The summed E-state index contributed by atoms with van der Waals surface area (Å²) < 4.78 is 24.8. The molecule has 36 heavy (non-hydrogen) atoms. The van der Waals surface area contributed by atoms with E-state index in [1.54, 1.807) is 24.3 Å². The largest absolute Gasteiger partial charge is 0.493 e. The molecule has 9 nitrogen and oxygen atoms in total. The molecular weight excluding hydrogens is 471 g/mol. The van der Waals surface area contributed by atoms with Crippen LogP contribution in [-0.4, -0.2) is 36.0 Å². The number of nitrogens with zero attached hydrogens (tertiary/aromatic N) is 1. The molecule has 1 saturated heterocycles. The Morgan fingerprint density at radius 3 is 2.53 bits per heavy atom. The molecule has 3 aromatic rings. The smallest absolute Gasteiger partial charge is 0.335 e. The van der Waals surface area contributed by atoms with E-state index in [1.807, 2.05) is 0 Å². The van der Waals surface area contributed by atoms with Crippen molar-refractivity contribution >= 4 is 35.6 Å². The minimum atomic E-state index is -1.05. The van der Waals surface area contributed by atoms with Gasteiger partial charge in [0.15, 0.2) is 11.5 Å².